The van der Waals surface area contributed by atoms with E-state index >= 15 is 0 Å². The topological polar surface area (TPSA) is 29.9 Å². The highest BCUT2D eigenvalue weighted by Crippen LogP contribution is 2.27. The zero-order valence-electron chi connectivity index (χ0n) is 12.4. The zero-order valence-corrected chi connectivity index (χ0v) is 15.4. The number of aryl methyl sites for hydroxylation is 1. The fourth-order valence-electron chi connectivity index (χ4n) is 2.35. The van der Waals surface area contributed by atoms with Crippen molar-refractivity contribution in [3.8, 4) is 0 Å². The van der Waals surface area contributed by atoms with Crippen molar-refractivity contribution in [2.45, 2.75) is 39.3 Å². The van der Waals surface area contributed by atoms with Crippen molar-refractivity contribution in [1.29, 1.82) is 0 Å². The second-order valence-corrected chi connectivity index (χ2v) is 6.61. The summed E-state index contributed by atoms with van der Waals surface area (Å²) in [7, 11) is 0. The summed E-state index contributed by atoms with van der Waals surface area (Å²) < 4.78 is 3.29. The molecule has 2 rings (SSSR count). The van der Waals surface area contributed by atoms with Crippen LogP contribution in [0, 0.1) is 3.57 Å². The van der Waals surface area contributed by atoms with Gasteiger partial charge in [0.05, 0.1) is 11.1 Å². The van der Waals surface area contributed by atoms with Crippen LogP contribution in [0.2, 0.25) is 5.02 Å². The molecule has 0 saturated carbocycles. The van der Waals surface area contributed by atoms with Crippen LogP contribution in [0.4, 0.5) is 0 Å². The van der Waals surface area contributed by atoms with Crippen LogP contribution >= 0.6 is 34.2 Å². The van der Waals surface area contributed by atoms with Crippen LogP contribution in [0.15, 0.2) is 30.6 Å². The molecule has 0 saturated heterocycles. The minimum absolute atomic E-state index is 0.0843. The van der Waals surface area contributed by atoms with Gasteiger partial charge in [-0.25, -0.2) is 4.98 Å². The fourth-order valence-corrected chi connectivity index (χ4v) is 2.87. The van der Waals surface area contributed by atoms with E-state index in [1.807, 2.05) is 18.5 Å². The Morgan fingerprint density at radius 2 is 2.14 bits per heavy atom. The van der Waals surface area contributed by atoms with Crippen molar-refractivity contribution >= 4 is 34.2 Å². The smallest absolute Gasteiger partial charge is 0.130 e. The van der Waals surface area contributed by atoms with Crippen molar-refractivity contribution in [3.05, 3.63) is 50.6 Å². The highest BCUT2D eigenvalue weighted by Gasteiger charge is 2.19. The molecule has 21 heavy (non-hydrogen) atoms. The van der Waals surface area contributed by atoms with E-state index in [0.717, 1.165) is 45.9 Å². The summed E-state index contributed by atoms with van der Waals surface area (Å²) in [5, 5.41) is 4.39. The number of nitrogens with one attached hydrogen (secondary N) is 1. The van der Waals surface area contributed by atoms with Crippen molar-refractivity contribution in [1.82, 2.24) is 14.9 Å². The monoisotopic (exact) mass is 417 g/mol. The molecule has 0 amide bonds. The first kappa shape index (κ1) is 16.8. The molecular weight excluding hydrogens is 397 g/mol. The Bertz CT molecular complexity index is 583. The molecule has 0 aliphatic carbocycles. The van der Waals surface area contributed by atoms with Crippen LogP contribution in [0.1, 0.15) is 44.1 Å². The minimum atomic E-state index is 0.0843. The van der Waals surface area contributed by atoms with Gasteiger partial charge in [0.1, 0.15) is 5.82 Å². The van der Waals surface area contributed by atoms with E-state index in [0.29, 0.717) is 0 Å². The minimum Gasteiger partial charge on any atom is -0.333 e. The van der Waals surface area contributed by atoms with Crippen LogP contribution in [0.3, 0.4) is 0 Å². The zero-order chi connectivity index (χ0) is 15.2. The van der Waals surface area contributed by atoms with Gasteiger partial charge in [-0.2, -0.15) is 0 Å². The molecule has 1 aromatic heterocycles. The van der Waals surface area contributed by atoms with Gasteiger partial charge >= 0.3 is 0 Å². The number of nitrogens with zero attached hydrogens (tertiary/aromatic N) is 2. The molecule has 0 aliphatic heterocycles. The standard InChI is InChI=1S/C16H21ClIN3/c1-3-7-19-15(12-5-6-14(18)13(17)11-12)16-20-8-10-21(16)9-4-2/h5-6,8,10-11,15,19H,3-4,7,9H2,1-2H3. The largest absolute Gasteiger partial charge is 0.333 e. The third-order valence-electron chi connectivity index (χ3n) is 3.35. The lowest BCUT2D eigenvalue weighted by atomic mass is 10.1. The number of aromatic nitrogens is 2. The summed E-state index contributed by atoms with van der Waals surface area (Å²) in [6.07, 6.45) is 6.11. The van der Waals surface area contributed by atoms with Crippen molar-refractivity contribution < 1.29 is 0 Å². The van der Waals surface area contributed by atoms with Gasteiger partial charge in [0.2, 0.25) is 0 Å². The maximum absolute atomic E-state index is 6.29. The van der Waals surface area contributed by atoms with Crippen molar-refractivity contribution in [2.75, 3.05) is 6.54 Å². The lowest BCUT2D eigenvalue weighted by Crippen LogP contribution is -2.26. The molecule has 1 atom stereocenters. The average Bonchev–Trinajstić information content (AvgIpc) is 2.92. The highest BCUT2D eigenvalue weighted by molar-refractivity contribution is 14.1. The molecule has 1 unspecified atom stereocenters. The normalized spacial score (nSPS) is 12.6. The number of hydrogen-bond donors (Lipinski definition) is 1. The van der Waals surface area contributed by atoms with Crippen molar-refractivity contribution in [2.24, 2.45) is 0 Å². The Balaban J connectivity index is 2.37. The maximum Gasteiger partial charge on any atom is 0.130 e. The van der Waals surface area contributed by atoms with Gasteiger partial charge in [-0.05, 0) is 59.7 Å². The third kappa shape index (κ3) is 4.20. The first-order valence-corrected chi connectivity index (χ1v) is 8.82. The molecule has 1 aromatic carbocycles. The van der Waals surface area contributed by atoms with E-state index in [-0.39, 0.29) is 6.04 Å². The Morgan fingerprint density at radius 1 is 1.33 bits per heavy atom. The fraction of sp³-hybridized carbons (Fsp3) is 0.438. The first-order valence-electron chi connectivity index (χ1n) is 7.36. The molecule has 5 heteroatoms. The Morgan fingerprint density at radius 3 is 2.81 bits per heavy atom. The quantitative estimate of drug-likeness (QED) is 0.665. The summed E-state index contributed by atoms with van der Waals surface area (Å²) in [6, 6.07) is 6.32. The number of benzene rings is 1. The van der Waals surface area contributed by atoms with Gasteiger partial charge in [0, 0.05) is 22.5 Å². The average molecular weight is 418 g/mol. The van der Waals surface area contributed by atoms with E-state index in [2.05, 4.69) is 63.4 Å². The molecule has 0 fully saturated rings. The number of rotatable bonds is 7. The molecule has 114 valence electrons. The van der Waals surface area contributed by atoms with Gasteiger partial charge in [0.15, 0.2) is 0 Å². The van der Waals surface area contributed by atoms with Crippen LogP contribution in [0.25, 0.3) is 0 Å². The number of imidazole rings is 1. The second-order valence-electron chi connectivity index (χ2n) is 5.04. The second kappa shape index (κ2) is 8.15. The predicted octanol–water partition coefficient (Wildman–Crippen LogP) is 4.64. The van der Waals surface area contributed by atoms with E-state index in [1.165, 1.54) is 0 Å². The molecule has 1 heterocycles. The molecule has 1 N–H and O–H groups in total. The molecule has 0 spiro atoms. The number of halogens is 2. The van der Waals surface area contributed by atoms with Crippen LogP contribution in [-0.2, 0) is 6.54 Å². The Kier molecular flexibility index (Phi) is 6.51. The van der Waals surface area contributed by atoms with E-state index in [9.17, 15) is 0 Å². The van der Waals surface area contributed by atoms with Gasteiger partial charge in [-0.3, -0.25) is 0 Å². The molecular formula is C16H21ClIN3. The number of hydrogen-bond acceptors (Lipinski definition) is 2. The summed E-state index contributed by atoms with van der Waals surface area (Å²) in [5.74, 6) is 1.06. The third-order valence-corrected chi connectivity index (χ3v) is 4.92. The molecule has 2 aromatic rings. The van der Waals surface area contributed by atoms with E-state index < -0.39 is 0 Å². The van der Waals surface area contributed by atoms with Crippen LogP contribution in [-0.4, -0.2) is 16.1 Å². The predicted molar refractivity (Wildman–Crippen MR) is 96.8 cm³/mol. The lowest BCUT2D eigenvalue weighted by molar-refractivity contribution is 0.530. The molecule has 0 radical (unpaired) electrons. The van der Waals surface area contributed by atoms with E-state index in [4.69, 9.17) is 11.6 Å². The van der Waals surface area contributed by atoms with Gasteiger partial charge in [0.25, 0.3) is 0 Å². The lowest BCUT2D eigenvalue weighted by Gasteiger charge is -2.20. The van der Waals surface area contributed by atoms with Gasteiger partial charge in [-0.15, -0.1) is 0 Å². The molecule has 0 aliphatic rings. The van der Waals surface area contributed by atoms with Crippen molar-refractivity contribution in [3.63, 3.8) is 0 Å². The SMILES string of the molecule is CCCNC(c1ccc(I)c(Cl)c1)c1nccn1CCC. The van der Waals surface area contributed by atoms with Crippen LogP contribution in [0.5, 0.6) is 0 Å². The highest BCUT2D eigenvalue weighted by atomic mass is 127. The van der Waals surface area contributed by atoms with Gasteiger partial charge < -0.3 is 9.88 Å². The Labute approximate surface area is 145 Å². The molecule has 3 nitrogen and oxygen atoms in total. The van der Waals surface area contributed by atoms with Crippen LogP contribution < -0.4 is 5.32 Å². The maximum atomic E-state index is 6.29. The van der Waals surface area contributed by atoms with Gasteiger partial charge in [-0.1, -0.05) is 31.5 Å². The Hall–Kier alpha value is -0.590. The first-order chi connectivity index (χ1) is 10.2. The summed E-state index contributed by atoms with van der Waals surface area (Å²) in [5.41, 5.74) is 1.16. The molecule has 0 bridgehead atoms. The summed E-state index contributed by atoms with van der Waals surface area (Å²) in [6.45, 7) is 6.29. The van der Waals surface area contributed by atoms with E-state index in [1.54, 1.807) is 0 Å². The summed E-state index contributed by atoms with van der Waals surface area (Å²) >= 11 is 8.55. The summed E-state index contributed by atoms with van der Waals surface area (Å²) in [4.78, 5) is 4.57.